The van der Waals surface area contributed by atoms with Crippen molar-refractivity contribution < 1.29 is 28.3 Å². The van der Waals surface area contributed by atoms with Gasteiger partial charge in [0.25, 0.3) is 0 Å². The monoisotopic (exact) mass is 514 g/mol. The highest BCUT2D eigenvalue weighted by atomic mass is 31.2. The van der Waals surface area contributed by atoms with Gasteiger partial charge in [0, 0.05) is 0 Å². The van der Waals surface area contributed by atoms with E-state index >= 15 is 0 Å². The zero-order valence-electron chi connectivity index (χ0n) is 22.1. The Morgan fingerprint density at radius 1 is 0.714 bits per heavy atom. The minimum atomic E-state index is -4.44. The number of ether oxygens (including phenoxy) is 2. The maximum Gasteiger partial charge on any atom is 0.469 e. The van der Waals surface area contributed by atoms with Crippen LogP contribution in [0.4, 0.5) is 0 Å². The smallest absolute Gasteiger partial charge is 0.469 e. The molecule has 0 amide bonds. The number of hydrogen-bond acceptors (Lipinski definition) is 4. The summed E-state index contributed by atoms with van der Waals surface area (Å²) in [6.45, 7) is 2.63. The molecule has 204 valence electrons. The molecule has 0 spiro atoms. The summed E-state index contributed by atoms with van der Waals surface area (Å²) >= 11 is 0. The van der Waals surface area contributed by atoms with Crippen LogP contribution in [0, 0.1) is 0 Å². The summed E-state index contributed by atoms with van der Waals surface area (Å²) in [4.78, 5) is 17.5. The van der Waals surface area contributed by atoms with Gasteiger partial charge in [-0.1, -0.05) is 121 Å². The first kappa shape index (κ1) is 32.1. The van der Waals surface area contributed by atoms with E-state index < -0.39 is 7.82 Å². The lowest BCUT2D eigenvalue weighted by atomic mass is 10.0. The fourth-order valence-electron chi connectivity index (χ4n) is 4.22. The first-order valence-electron chi connectivity index (χ1n) is 14.0. The molecule has 0 aromatic heterocycles. The van der Waals surface area contributed by atoms with E-state index in [-0.39, 0.29) is 19.3 Å². The van der Waals surface area contributed by atoms with E-state index in [1.165, 1.54) is 96.3 Å². The first-order valence-corrected chi connectivity index (χ1v) is 15.5. The number of para-hydroxylation sites is 1. The number of hydrogen-bond donors (Lipinski definition) is 2. The lowest BCUT2D eigenvalue weighted by Crippen LogP contribution is -2.24. The van der Waals surface area contributed by atoms with Crippen LogP contribution in [0.5, 0.6) is 5.75 Å². The molecule has 2 N–H and O–H groups in total. The molecule has 1 rings (SSSR count). The van der Waals surface area contributed by atoms with Gasteiger partial charge in [-0.15, -0.1) is 0 Å². The van der Waals surface area contributed by atoms with Crippen molar-refractivity contribution in [1.82, 2.24) is 0 Å². The van der Waals surface area contributed by atoms with Gasteiger partial charge in [0.2, 0.25) is 0 Å². The summed E-state index contributed by atoms with van der Waals surface area (Å²) < 4.78 is 26.8. The minimum Gasteiger partial charge on any atom is -0.488 e. The molecule has 0 radical (unpaired) electrons. The zero-order chi connectivity index (χ0) is 25.5. The quantitative estimate of drug-likeness (QED) is 0.101. The fourth-order valence-corrected chi connectivity index (χ4v) is 4.53. The summed E-state index contributed by atoms with van der Waals surface area (Å²) in [5.41, 5.74) is 0. The molecule has 1 unspecified atom stereocenters. The van der Waals surface area contributed by atoms with Crippen LogP contribution in [-0.2, 0) is 13.8 Å². The molecule has 1 aromatic rings. The number of phosphoric ester groups is 1. The number of rotatable bonds is 25. The van der Waals surface area contributed by atoms with Gasteiger partial charge >= 0.3 is 7.82 Å². The minimum absolute atomic E-state index is 0.0842. The highest BCUT2D eigenvalue weighted by Gasteiger charge is 2.14. The van der Waals surface area contributed by atoms with Crippen LogP contribution in [0.15, 0.2) is 30.3 Å². The molecule has 1 atom stereocenters. The third-order valence-corrected chi connectivity index (χ3v) is 6.74. The van der Waals surface area contributed by atoms with Crippen LogP contribution in [0.2, 0.25) is 0 Å². The molecule has 0 bridgehead atoms. The molecule has 0 saturated heterocycles. The van der Waals surface area contributed by atoms with E-state index in [4.69, 9.17) is 19.3 Å². The van der Waals surface area contributed by atoms with Crippen LogP contribution in [0.3, 0.4) is 0 Å². The van der Waals surface area contributed by atoms with Crippen LogP contribution in [0.1, 0.15) is 116 Å². The summed E-state index contributed by atoms with van der Waals surface area (Å²) in [5, 5.41) is 0. The second kappa shape index (κ2) is 22.3. The van der Waals surface area contributed by atoms with Gasteiger partial charge in [-0.3, -0.25) is 4.52 Å². The van der Waals surface area contributed by atoms with Gasteiger partial charge in [-0.25, -0.2) is 4.57 Å². The van der Waals surface area contributed by atoms with Gasteiger partial charge in [0.1, 0.15) is 11.9 Å². The van der Waals surface area contributed by atoms with Crippen molar-refractivity contribution in [2.75, 3.05) is 19.8 Å². The second-order valence-electron chi connectivity index (χ2n) is 9.54. The normalized spacial score (nSPS) is 12.7. The Balaban J connectivity index is 2.04. The topological polar surface area (TPSA) is 85.2 Å². The zero-order valence-corrected chi connectivity index (χ0v) is 23.0. The molecule has 35 heavy (non-hydrogen) atoms. The molecule has 6 nitrogen and oxygen atoms in total. The molecular weight excluding hydrogens is 463 g/mol. The second-order valence-corrected chi connectivity index (χ2v) is 10.8. The lowest BCUT2D eigenvalue weighted by Gasteiger charge is -2.19. The lowest BCUT2D eigenvalue weighted by molar-refractivity contribution is 0.0272. The van der Waals surface area contributed by atoms with E-state index in [1.807, 2.05) is 30.3 Å². The molecule has 0 aliphatic carbocycles. The van der Waals surface area contributed by atoms with Gasteiger partial charge in [0.15, 0.2) is 0 Å². The van der Waals surface area contributed by atoms with Crippen molar-refractivity contribution in [2.45, 2.75) is 122 Å². The van der Waals surface area contributed by atoms with Gasteiger partial charge in [-0.05, 0) is 25.0 Å². The summed E-state index contributed by atoms with van der Waals surface area (Å²) in [6.07, 6.45) is 22.4. The maximum atomic E-state index is 10.7. The van der Waals surface area contributed by atoms with Crippen molar-refractivity contribution in [1.29, 1.82) is 0 Å². The molecule has 0 heterocycles. The maximum absolute atomic E-state index is 10.7. The first-order chi connectivity index (χ1) is 17.0. The Morgan fingerprint density at radius 2 is 1.20 bits per heavy atom. The average molecular weight is 515 g/mol. The van der Waals surface area contributed by atoms with Crippen LogP contribution in [0.25, 0.3) is 0 Å². The highest BCUT2D eigenvalue weighted by Crippen LogP contribution is 2.35. The van der Waals surface area contributed by atoms with Crippen molar-refractivity contribution in [3.05, 3.63) is 30.3 Å². The van der Waals surface area contributed by atoms with E-state index in [0.717, 1.165) is 18.6 Å². The SMILES string of the molecule is CCCCCCCCCCCCCCCCCCC(COCCOP(=O)(O)O)Oc1ccccc1. The molecule has 0 fully saturated rings. The highest BCUT2D eigenvalue weighted by molar-refractivity contribution is 7.46. The average Bonchev–Trinajstić information content (AvgIpc) is 2.83. The fraction of sp³-hybridized carbons (Fsp3) is 0.786. The van der Waals surface area contributed by atoms with E-state index in [1.54, 1.807) is 0 Å². The molecule has 7 heteroatoms. The number of phosphoric acid groups is 1. The van der Waals surface area contributed by atoms with Crippen LogP contribution >= 0.6 is 7.82 Å². The third kappa shape index (κ3) is 22.0. The molecule has 1 aromatic carbocycles. The molecule has 0 saturated carbocycles. The Kier molecular flexibility index (Phi) is 20.5. The van der Waals surface area contributed by atoms with Crippen LogP contribution < -0.4 is 4.74 Å². The van der Waals surface area contributed by atoms with Crippen molar-refractivity contribution in [2.24, 2.45) is 0 Å². The van der Waals surface area contributed by atoms with E-state index in [9.17, 15) is 4.57 Å². The van der Waals surface area contributed by atoms with Gasteiger partial charge in [-0.2, -0.15) is 0 Å². The molecular formula is C28H51O6P. The summed E-state index contributed by atoms with van der Waals surface area (Å²) in [5.74, 6) is 0.809. The Labute approximate surface area is 214 Å². The molecule has 0 aliphatic heterocycles. The van der Waals surface area contributed by atoms with E-state index in [2.05, 4.69) is 11.4 Å². The summed E-state index contributed by atoms with van der Waals surface area (Å²) in [7, 11) is -4.44. The van der Waals surface area contributed by atoms with Gasteiger partial charge in [0.05, 0.1) is 19.8 Å². The summed E-state index contributed by atoms with van der Waals surface area (Å²) in [6, 6.07) is 9.69. The Bertz CT molecular complexity index is 621. The predicted molar refractivity (Wildman–Crippen MR) is 144 cm³/mol. The largest absolute Gasteiger partial charge is 0.488 e. The standard InChI is InChI=1S/C28H51O6P/c1-2-3-4-5-6-7-8-9-10-11-12-13-14-15-16-18-23-28(34-27-21-19-17-20-22-27)26-32-24-25-33-35(29,30)31/h17,19-22,28H,2-16,18,23-26H2,1H3,(H2,29,30,31). The Morgan fingerprint density at radius 3 is 1.69 bits per heavy atom. The van der Waals surface area contributed by atoms with E-state index in [0.29, 0.717) is 6.61 Å². The number of benzene rings is 1. The molecule has 0 aliphatic rings. The van der Waals surface area contributed by atoms with Crippen molar-refractivity contribution >= 4 is 7.82 Å². The Hall–Kier alpha value is -0.910. The number of unbranched alkanes of at least 4 members (excludes halogenated alkanes) is 15. The van der Waals surface area contributed by atoms with Gasteiger partial charge < -0.3 is 19.3 Å². The predicted octanol–water partition coefficient (Wildman–Crippen LogP) is 8.21. The van der Waals surface area contributed by atoms with Crippen molar-refractivity contribution in [3.8, 4) is 5.75 Å². The van der Waals surface area contributed by atoms with Crippen LogP contribution in [-0.4, -0.2) is 35.7 Å². The van der Waals surface area contributed by atoms with Crippen molar-refractivity contribution in [3.63, 3.8) is 0 Å². The third-order valence-electron chi connectivity index (χ3n) is 6.22.